The van der Waals surface area contributed by atoms with Gasteiger partial charge in [-0.3, -0.25) is 4.68 Å². The Kier molecular flexibility index (Phi) is 1.98. The Labute approximate surface area is 99.1 Å². The van der Waals surface area contributed by atoms with E-state index in [0.717, 1.165) is 22.3 Å². The van der Waals surface area contributed by atoms with Crippen LogP contribution < -0.4 is 5.73 Å². The molecule has 0 fully saturated rings. The van der Waals surface area contributed by atoms with E-state index in [-0.39, 0.29) is 0 Å². The predicted molar refractivity (Wildman–Crippen MR) is 69.7 cm³/mol. The van der Waals surface area contributed by atoms with Crippen LogP contribution >= 0.6 is 0 Å². The van der Waals surface area contributed by atoms with Gasteiger partial charge in [0, 0.05) is 41.0 Å². The molecule has 0 atom stereocenters. The van der Waals surface area contributed by atoms with Crippen molar-refractivity contribution in [3.05, 3.63) is 36.2 Å². The van der Waals surface area contributed by atoms with E-state index in [4.69, 9.17) is 5.73 Å². The summed E-state index contributed by atoms with van der Waals surface area (Å²) in [6, 6.07) is 8.19. The number of benzene rings is 1. The van der Waals surface area contributed by atoms with Gasteiger partial charge in [0.2, 0.25) is 0 Å². The predicted octanol–water partition coefficient (Wildman–Crippen LogP) is 2.46. The number of fused-ring (bicyclic) bond motifs is 1. The van der Waals surface area contributed by atoms with Gasteiger partial charge in [-0.2, -0.15) is 5.10 Å². The van der Waals surface area contributed by atoms with Crippen LogP contribution in [0, 0.1) is 6.92 Å². The molecule has 0 amide bonds. The molecule has 3 N–H and O–H groups in total. The summed E-state index contributed by atoms with van der Waals surface area (Å²) in [5.74, 6) is 0.578. The van der Waals surface area contributed by atoms with E-state index in [0.29, 0.717) is 5.82 Å². The lowest BCUT2D eigenvalue weighted by atomic mass is 10.1. The van der Waals surface area contributed by atoms with Gasteiger partial charge in [-0.25, -0.2) is 0 Å². The summed E-state index contributed by atoms with van der Waals surface area (Å²) in [5.41, 5.74) is 10.3. The van der Waals surface area contributed by atoms with Crippen molar-refractivity contribution in [2.75, 3.05) is 5.73 Å². The SMILES string of the molecule is Cc1c(-c2c[nH]c3ccccc23)c(N)nn1C. The molecule has 3 rings (SSSR count). The van der Waals surface area contributed by atoms with Crippen LogP contribution in [0.4, 0.5) is 5.82 Å². The lowest BCUT2D eigenvalue weighted by molar-refractivity contribution is 0.744. The monoisotopic (exact) mass is 226 g/mol. The number of aromatic nitrogens is 3. The number of hydrogen-bond donors (Lipinski definition) is 2. The van der Waals surface area contributed by atoms with Crippen LogP contribution in [-0.4, -0.2) is 14.8 Å². The first kappa shape index (κ1) is 9.96. The lowest BCUT2D eigenvalue weighted by Crippen LogP contribution is -1.93. The van der Waals surface area contributed by atoms with Gasteiger partial charge in [0.25, 0.3) is 0 Å². The largest absolute Gasteiger partial charge is 0.382 e. The summed E-state index contributed by atoms with van der Waals surface area (Å²) < 4.78 is 1.81. The zero-order valence-electron chi connectivity index (χ0n) is 9.86. The van der Waals surface area contributed by atoms with E-state index in [1.54, 1.807) is 0 Å². The maximum absolute atomic E-state index is 5.98. The number of aromatic amines is 1. The summed E-state index contributed by atoms with van der Waals surface area (Å²) in [7, 11) is 1.91. The van der Waals surface area contributed by atoms with E-state index >= 15 is 0 Å². The number of aryl methyl sites for hydroxylation is 1. The highest BCUT2D eigenvalue weighted by molar-refractivity contribution is 5.98. The number of H-pyrrole nitrogens is 1. The molecule has 3 aromatic rings. The van der Waals surface area contributed by atoms with E-state index in [9.17, 15) is 0 Å². The normalized spacial score (nSPS) is 11.2. The molecule has 0 bridgehead atoms. The van der Waals surface area contributed by atoms with Crippen molar-refractivity contribution in [2.45, 2.75) is 6.92 Å². The second kappa shape index (κ2) is 3.38. The number of anilines is 1. The average Bonchev–Trinajstić information content (AvgIpc) is 2.82. The third-order valence-electron chi connectivity index (χ3n) is 3.22. The molecule has 0 radical (unpaired) electrons. The fourth-order valence-corrected chi connectivity index (χ4v) is 2.24. The molecular weight excluding hydrogens is 212 g/mol. The minimum Gasteiger partial charge on any atom is -0.382 e. The summed E-state index contributed by atoms with van der Waals surface area (Å²) in [6.07, 6.45) is 1.99. The van der Waals surface area contributed by atoms with Crippen LogP contribution in [0.5, 0.6) is 0 Å². The van der Waals surface area contributed by atoms with Gasteiger partial charge in [0.1, 0.15) is 0 Å². The molecule has 2 heterocycles. The standard InChI is InChI=1S/C13H14N4/c1-8-12(13(14)16-17(8)2)10-7-15-11-6-4-3-5-9(10)11/h3-7,15H,1-2H3,(H2,14,16). The molecule has 0 aliphatic rings. The molecule has 17 heavy (non-hydrogen) atoms. The fourth-order valence-electron chi connectivity index (χ4n) is 2.24. The smallest absolute Gasteiger partial charge is 0.153 e. The van der Waals surface area contributed by atoms with Crippen LogP contribution in [0.1, 0.15) is 5.69 Å². The van der Waals surface area contributed by atoms with Gasteiger partial charge in [0.05, 0.1) is 0 Å². The first-order valence-corrected chi connectivity index (χ1v) is 5.54. The second-order valence-corrected chi connectivity index (χ2v) is 4.22. The number of rotatable bonds is 1. The summed E-state index contributed by atoms with van der Waals surface area (Å²) in [6.45, 7) is 2.03. The number of hydrogen-bond acceptors (Lipinski definition) is 2. The molecule has 2 aromatic heterocycles. The van der Waals surface area contributed by atoms with Crippen molar-refractivity contribution >= 4 is 16.7 Å². The zero-order chi connectivity index (χ0) is 12.0. The van der Waals surface area contributed by atoms with Crippen molar-refractivity contribution in [1.82, 2.24) is 14.8 Å². The maximum Gasteiger partial charge on any atom is 0.153 e. The summed E-state index contributed by atoms with van der Waals surface area (Å²) >= 11 is 0. The third kappa shape index (κ3) is 1.34. The Morgan fingerprint density at radius 1 is 1.29 bits per heavy atom. The highest BCUT2D eigenvalue weighted by Crippen LogP contribution is 2.34. The molecule has 4 heteroatoms. The Morgan fingerprint density at radius 3 is 2.76 bits per heavy atom. The van der Waals surface area contributed by atoms with Gasteiger partial charge >= 0.3 is 0 Å². The van der Waals surface area contributed by atoms with Gasteiger partial charge in [0.15, 0.2) is 5.82 Å². The maximum atomic E-state index is 5.98. The Hall–Kier alpha value is -2.23. The van der Waals surface area contributed by atoms with Gasteiger partial charge in [-0.1, -0.05) is 18.2 Å². The van der Waals surface area contributed by atoms with E-state index in [2.05, 4.69) is 22.2 Å². The van der Waals surface area contributed by atoms with Crippen LogP contribution in [0.25, 0.3) is 22.0 Å². The van der Waals surface area contributed by atoms with Gasteiger partial charge in [-0.15, -0.1) is 0 Å². The van der Waals surface area contributed by atoms with Gasteiger partial charge < -0.3 is 10.7 Å². The molecule has 0 saturated carbocycles. The van der Waals surface area contributed by atoms with Crippen molar-refractivity contribution < 1.29 is 0 Å². The molecule has 0 saturated heterocycles. The number of nitrogens with one attached hydrogen (secondary N) is 1. The van der Waals surface area contributed by atoms with E-state index in [1.165, 1.54) is 5.39 Å². The topological polar surface area (TPSA) is 59.6 Å². The van der Waals surface area contributed by atoms with E-state index in [1.807, 2.05) is 37.0 Å². The summed E-state index contributed by atoms with van der Waals surface area (Å²) in [5, 5.41) is 5.43. The highest BCUT2D eigenvalue weighted by atomic mass is 15.3. The molecular formula is C13H14N4. The molecule has 4 nitrogen and oxygen atoms in total. The first-order valence-electron chi connectivity index (χ1n) is 5.54. The quantitative estimate of drug-likeness (QED) is 0.669. The molecule has 0 spiro atoms. The number of nitrogen functional groups attached to an aromatic ring is 1. The fraction of sp³-hybridized carbons (Fsp3) is 0.154. The van der Waals surface area contributed by atoms with E-state index < -0.39 is 0 Å². The number of para-hydroxylation sites is 1. The zero-order valence-corrected chi connectivity index (χ0v) is 9.86. The van der Waals surface area contributed by atoms with Crippen LogP contribution in [0.3, 0.4) is 0 Å². The summed E-state index contributed by atoms with van der Waals surface area (Å²) in [4.78, 5) is 3.26. The first-order chi connectivity index (χ1) is 8.18. The molecule has 86 valence electrons. The van der Waals surface area contributed by atoms with Crippen LogP contribution in [0.2, 0.25) is 0 Å². The number of nitrogens with two attached hydrogens (primary N) is 1. The minimum absolute atomic E-state index is 0.578. The number of nitrogens with zero attached hydrogens (tertiary/aromatic N) is 2. The second-order valence-electron chi connectivity index (χ2n) is 4.22. The Balaban J connectivity index is 2.35. The molecule has 1 aromatic carbocycles. The van der Waals surface area contributed by atoms with Crippen molar-refractivity contribution in [1.29, 1.82) is 0 Å². The molecule has 0 unspecified atom stereocenters. The lowest BCUT2D eigenvalue weighted by Gasteiger charge is -1.99. The average molecular weight is 226 g/mol. The Morgan fingerprint density at radius 2 is 2.06 bits per heavy atom. The molecule has 0 aliphatic heterocycles. The third-order valence-corrected chi connectivity index (χ3v) is 3.22. The molecule has 0 aliphatic carbocycles. The minimum atomic E-state index is 0.578. The highest BCUT2D eigenvalue weighted by Gasteiger charge is 2.15. The van der Waals surface area contributed by atoms with Crippen LogP contribution in [0.15, 0.2) is 30.5 Å². The van der Waals surface area contributed by atoms with Gasteiger partial charge in [-0.05, 0) is 13.0 Å². The Bertz CT molecular complexity index is 691. The van der Waals surface area contributed by atoms with Crippen molar-refractivity contribution in [2.24, 2.45) is 7.05 Å². The van der Waals surface area contributed by atoms with Crippen LogP contribution in [-0.2, 0) is 7.05 Å². The van der Waals surface area contributed by atoms with Crippen molar-refractivity contribution in [3.63, 3.8) is 0 Å². The van der Waals surface area contributed by atoms with Crippen molar-refractivity contribution in [3.8, 4) is 11.1 Å².